The van der Waals surface area contributed by atoms with Gasteiger partial charge in [-0.2, -0.15) is 0 Å². The average Bonchev–Trinajstić information content (AvgIpc) is 2.39. The van der Waals surface area contributed by atoms with E-state index in [-0.39, 0.29) is 0 Å². The fraction of sp³-hybridized carbons (Fsp3) is 0. The fourth-order valence-electron chi connectivity index (χ4n) is 1.33. The molecule has 0 unspecified atom stereocenters. The molecule has 4 N–H and O–H groups in total. The highest BCUT2D eigenvalue weighted by Crippen LogP contribution is 2.21. The third-order valence-corrected chi connectivity index (χ3v) is 2.10. The molecule has 0 aliphatic carbocycles. The van der Waals surface area contributed by atoms with Crippen molar-refractivity contribution in [2.24, 2.45) is 0 Å². The first-order valence-corrected chi connectivity index (χ1v) is 4.39. The van der Waals surface area contributed by atoms with Gasteiger partial charge in [-0.05, 0) is 35.4 Å². The van der Waals surface area contributed by atoms with Crippen molar-refractivity contribution in [3.05, 3.63) is 48.5 Å². The van der Waals surface area contributed by atoms with Gasteiger partial charge in [0.2, 0.25) is 0 Å². The van der Waals surface area contributed by atoms with Crippen LogP contribution in [0.2, 0.25) is 2.82 Å². The molecule has 0 atom stereocenters. The maximum Gasteiger partial charge on any atom is 0.156 e. The van der Waals surface area contributed by atoms with E-state index in [1.165, 1.54) is 0 Å². The van der Waals surface area contributed by atoms with Gasteiger partial charge in [0.05, 0.1) is 0 Å². The highest BCUT2D eigenvalue weighted by molar-refractivity contribution is 5.67. The molecule has 0 amide bonds. The Labute approximate surface area is 86.1 Å². The smallest absolute Gasteiger partial charge is 0.156 e. The maximum absolute atomic E-state index is 6.99. The highest BCUT2D eigenvalue weighted by Gasteiger charge is 1.95. The minimum Gasteiger partial charge on any atom is -0.399 e. The summed E-state index contributed by atoms with van der Waals surface area (Å²) in [6, 6.07) is 15.3. The molecule has 0 aromatic heterocycles. The zero-order valence-corrected chi connectivity index (χ0v) is 7.62. The van der Waals surface area contributed by atoms with Gasteiger partial charge in [-0.3, -0.25) is 0 Å². The van der Waals surface area contributed by atoms with E-state index in [0.717, 1.165) is 22.5 Å². The van der Waals surface area contributed by atoms with Gasteiger partial charge in [-0.1, -0.05) is 24.3 Å². The first kappa shape index (κ1) is 6.49. The molecule has 2 aromatic carbocycles. The summed E-state index contributed by atoms with van der Waals surface area (Å²) in [5.41, 5.74) is 8.41. The highest BCUT2D eigenvalue weighted by atomic mass is 14.5. The van der Waals surface area contributed by atoms with Crippen molar-refractivity contribution in [2.45, 2.75) is 0 Å². The number of anilines is 2. The van der Waals surface area contributed by atoms with Crippen LogP contribution in [0.15, 0.2) is 48.5 Å². The lowest BCUT2D eigenvalue weighted by molar-refractivity contribution is 1.61. The normalized spacial score (nSPS) is 11.4. The van der Waals surface area contributed by atoms with Crippen LogP contribution < -0.4 is 11.5 Å². The quantitative estimate of drug-likeness (QED) is 0.724. The number of rotatable bonds is 3. The summed E-state index contributed by atoms with van der Waals surface area (Å²) in [5.74, 6) is 0. The van der Waals surface area contributed by atoms with Gasteiger partial charge in [-0.15, -0.1) is 0 Å². The Morgan fingerprint density at radius 2 is 1.00 bits per heavy atom. The minimum atomic E-state index is 0.771. The third-order valence-electron chi connectivity index (χ3n) is 2.10. The Morgan fingerprint density at radius 3 is 1.29 bits per heavy atom. The molecule has 0 spiro atoms. The van der Waals surface area contributed by atoms with E-state index in [4.69, 9.17) is 2.82 Å². The topological polar surface area (TPSA) is 52.0 Å². The molecular weight excluding hydrogens is 172 g/mol. The van der Waals surface area contributed by atoms with Crippen molar-refractivity contribution in [1.82, 2.24) is 0 Å². The van der Waals surface area contributed by atoms with Crippen LogP contribution in [0.1, 0.15) is 0 Å². The van der Waals surface area contributed by atoms with Crippen molar-refractivity contribution in [3.63, 3.8) is 0 Å². The third kappa shape index (κ3) is 1.69. The molecule has 2 nitrogen and oxygen atoms in total. The molecule has 0 aliphatic rings. The van der Waals surface area contributed by atoms with Gasteiger partial charge in [0, 0.05) is 11.4 Å². The number of hydrogen-bond donors (Lipinski definition) is 2. The van der Waals surface area contributed by atoms with Crippen molar-refractivity contribution in [3.8, 4) is 11.1 Å². The van der Waals surface area contributed by atoms with E-state index in [1.54, 1.807) is 0 Å². The summed E-state index contributed by atoms with van der Waals surface area (Å²) in [6.07, 6.45) is 0. The van der Waals surface area contributed by atoms with Crippen LogP contribution in [0, 0.1) is 0 Å². The lowest BCUT2D eigenvalue weighted by Crippen LogP contribution is -1.85. The lowest BCUT2D eigenvalue weighted by atomic mass is 10.1. The second-order valence-electron chi connectivity index (χ2n) is 3.15. The molecule has 2 aromatic rings. The number of nitrogen functional groups attached to an aromatic ring is 2. The van der Waals surface area contributed by atoms with Crippen molar-refractivity contribution in [1.29, 1.82) is 0 Å². The van der Waals surface area contributed by atoms with Gasteiger partial charge < -0.3 is 11.5 Å². The van der Waals surface area contributed by atoms with Crippen LogP contribution in [0.5, 0.6) is 0 Å². The monoisotopic (exact) mass is 186 g/mol. The molecule has 0 heterocycles. The maximum atomic E-state index is 6.99. The second kappa shape index (κ2) is 3.42. The van der Waals surface area contributed by atoms with Crippen LogP contribution in [0.25, 0.3) is 11.1 Å². The first-order chi connectivity index (χ1) is 7.83. The van der Waals surface area contributed by atoms with Crippen molar-refractivity contribution < 1.29 is 2.82 Å². The lowest BCUT2D eigenvalue weighted by Gasteiger charge is -2.02. The molecule has 0 saturated heterocycles. The summed E-state index contributed by atoms with van der Waals surface area (Å²) in [7, 11) is 0. The molecular formula is C12H12N2. The summed E-state index contributed by atoms with van der Waals surface area (Å²) in [5, 5.41) is 0. The van der Waals surface area contributed by atoms with Gasteiger partial charge in [-0.25, -0.2) is 0 Å². The van der Waals surface area contributed by atoms with Gasteiger partial charge >= 0.3 is 0 Å². The molecule has 0 fully saturated rings. The van der Waals surface area contributed by atoms with E-state index in [0.29, 0.717) is 0 Å². The van der Waals surface area contributed by atoms with Crippen LogP contribution >= 0.6 is 0 Å². The van der Waals surface area contributed by atoms with E-state index >= 15 is 0 Å². The number of nitrogens with two attached hydrogens (primary N) is 2. The Morgan fingerprint density at radius 1 is 0.643 bits per heavy atom. The Bertz CT molecular complexity index is 406. The van der Waals surface area contributed by atoms with E-state index in [1.807, 2.05) is 48.5 Å². The van der Waals surface area contributed by atoms with Crippen molar-refractivity contribution in [2.75, 3.05) is 11.5 Å². The standard InChI is InChI=1S/C12H12N2/c13-11-5-1-9(2-6-11)10-3-7-12(14)8-4-10/h1-8H,13-14H2/i/hD2. The Hall–Kier alpha value is -1.96. The first-order valence-electron chi connectivity index (χ1n) is 5.39. The molecule has 0 saturated carbocycles. The predicted octanol–water partition coefficient (Wildman–Crippen LogP) is 2.52. The molecule has 0 bridgehead atoms. The zero-order valence-electron chi connectivity index (χ0n) is 9.62. The predicted molar refractivity (Wildman–Crippen MR) is 60.7 cm³/mol. The molecule has 2 heteroatoms. The molecule has 2 rings (SSSR count). The second-order valence-corrected chi connectivity index (χ2v) is 3.15. The van der Waals surface area contributed by atoms with Gasteiger partial charge in [0.25, 0.3) is 0 Å². The Kier molecular flexibility index (Phi) is 1.58. The average molecular weight is 186 g/mol. The number of hydrogen-bond acceptors (Lipinski definition) is 2. The van der Waals surface area contributed by atoms with E-state index in [9.17, 15) is 0 Å². The van der Waals surface area contributed by atoms with E-state index in [2.05, 4.69) is 11.5 Å². The Balaban J connectivity index is 2.28. The van der Waals surface area contributed by atoms with Crippen LogP contribution in [0.4, 0.5) is 11.4 Å². The number of benzene rings is 2. The largest absolute Gasteiger partial charge is 0.399 e. The summed E-state index contributed by atoms with van der Waals surface area (Å²) >= 11 is 0. The summed E-state index contributed by atoms with van der Waals surface area (Å²) in [6.45, 7) is 0. The summed E-state index contributed by atoms with van der Waals surface area (Å²) in [4.78, 5) is 0. The molecule has 0 aliphatic heterocycles. The van der Waals surface area contributed by atoms with Crippen LogP contribution in [-0.4, -0.2) is 0 Å². The fourth-order valence-corrected chi connectivity index (χ4v) is 1.33. The molecule has 14 heavy (non-hydrogen) atoms. The van der Waals surface area contributed by atoms with Crippen molar-refractivity contribution >= 4 is 11.4 Å². The minimum absolute atomic E-state index is 0.771. The SMILES string of the molecule is [2H]Nc1ccc(-c2ccc(N[2H])cc2)cc1. The molecule has 70 valence electrons. The molecule has 0 radical (unpaired) electrons. The van der Waals surface area contributed by atoms with E-state index < -0.39 is 0 Å². The summed E-state index contributed by atoms with van der Waals surface area (Å²) < 4.78 is 14.0. The van der Waals surface area contributed by atoms with Crippen LogP contribution in [-0.2, 0) is 0 Å². The van der Waals surface area contributed by atoms with Crippen LogP contribution in [0.3, 0.4) is 0 Å². The zero-order chi connectivity index (χ0) is 11.4. The van der Waals surface area contributed by atoms with Gasteiger partial charge in [0.15, 0.2) is 2.82 Å². The van der Waals surface area contributed by atoms with Gasteiger partial charge in [0.1, 0.15) is 0 Å².